The SMILES string of the molecule is Cc1ccc2c(oc3ccc4c(c32)C(C)(C)CCC4(C)C)c1-c1n(-c2c(C(C)C)cc(-c3ccccc3)cc2C(C)C)c2ccccc2[n+]1C. The number of aromatic nitrogens is 2. The molecule has 254 valence electrons. The van der Waals surface area contributed by atoms with E-state index >= 15 is 0 Å². The average Bonchev–Trinajstić information content (AvgIpc) is 3.61. The van der Waals surface area contributed by atoms with Crippen LogP contribution in [0.1, 0.15) is 108 Å². The Bertz CT molecular complexity index is 2420. The van der Waals surface area contributed by atoms with Crippen LogP contribution < -0.4 is 4.57 Å². The zero-order valence-corrected chi connectivity index (χ0v) is 31.5. The molecule has 5 aromatic carbocycles. The number of imidazole rings is 1. The molecule has 0 bridgehead atoms. The minimum absolute atomic E-state index is 0.0601. The molecule has 0 saturated heterocycles. The van der Waals surface area contributed by atoms with Crippen molar-refractivity contribution in [3.05, 3.63) is 119 Å². The summed E-state index contributed by atoms with van der Waals surface area (Å²) in [6.45, 7) is 21.2. The predicted molar refractivity (Wildman–Crippen MR) is 211 cm³/mol. The van der Waals surface area contributed by atoms with Gasteiger partial charge in [0.25, 0.3) is 5.82 Å². The summed E-state index contributed by atoms with van der Waals surface area (Å²) in [4.78, 5) is 0. The molecule has 0 radical (unpaired) electrons. The summed E-state index contributed by atoms with van der Waals surface area (Å²) in [6.07, 6.45) is 2.35. The van der Waals surface area contributed by atoms with Crippen LogP contribution in [-0.2, 0) is 17.9 Å². The summed E-state index contributed by atoms with van der Waals surface area (Å²) in [7, 11) is 2.23. The third-order valence-electron chi connectivity index (χ3n) is 11.8. The van der Waals surface area contributed by atoms with Crippen molar-refractivity contribution >= 4 is 33.0 Å². The standard InChI is InChI=1S/C47H51N2O/c1-28(2)34-26-32(31-16-12-11-13-17-31)27-35(29(3)4)43(34)49-38-19-15-14-18-37(38)48(10)45(49)40-30(5)20-21-33-41-39(50-44(33)40)23-22-36-42(41)47(8,9)25-24-46(36,6)7/h11-23,26-29H,24-25H2,1-10H3/q+1. The number of para-hydroxylation sites is 2. The summed E-state index contributed by atoms with van der Waals surface area (Å²) in [5, 5.41) is 2.51. The zero-order chi connectivity index (χ0) is 35.3. The summed E-state index contributed by atoms with van der Waals surface area (Å²) in [5.74, 6) is 1.77. The van der Waals surface area contributed by atoms with Crippen molar-refractivity contribution in [2.24, 2.45) is 7.05 Å². The highest BCUT2D eigenvalue weighted by molar-refractivity contribution is 6.12. The first kappa shape index (κ1) is 32.6. The van der Waals surface area contributed by atoms with Crippen LogP contribution >= 0.6 is 0 Å². The van der Waals surface area contributed by atoms with Gasteiger partial charge in [-0.15, -0.1) is 0 Å². The van der Waals surface area contributed by atoms with Crippen LogP contribution in [0.2, 0.25) is 0 Å². The van der Waals surface area contributed by atoms with Crippen LogP contribution in [0.3, 0.4) is 0 Å². The molecule has 50 heavy (non-hydrogen) atoms. The summed E-state index contributed by atoms with van der Waals surface area (Å²) >= 11 is 0. The van der Waals surface area contributed by atoms with Crippen molar-refractivity contribution in [1.29, 1.82) is 0 Å². The van der Waals surface area contributed by atoms with Crippen molar-refractivity contribution in [2.75, 3.05) is 0 Å². The van der Waals surface area contributed by atoms with Crippen LogP contribution in [0.15, 0.2) is 95.4 Å². The molecule has 2 aromatic heterocycles. The van der Waals surface area contributed by atoms with E-state index in [0.29, 0.717) is 11.8 Å². The largest absolute Gasteiger partial charge is 0.455 e. The quantitative estimate of drug-likeness (QED) is 0.169. The van der Waals surface area contributed by atoms with Gasteiger partial charge in [0.15, 0.2) is 16.6 Å². The van der Waals surface area contributed by atoms with E-state index in [1.807, 2.05) is 0 Å². The number of aryl methyl sites for hydroxylation is 2. The molecule has 0 amide bonds. The third kappa shape index (κ3) is 4.80. The van der Waals surface area contributed by atoms with E-state index in [9.17, 15) is 0 Å². The fraction of sp³-hybridized carbons (Fsp3) is 0.340. The molecule has 0 saturated carbocycles. The van der Waals surface area contributed by atoms with Crippen molar-refractivity contribution < 1.29 is 8.98 Å². The fourth-order valence-corrected chi connectivity index (χ4v) is 8.90. The number of furan rings is 1. The van der Waals surface area contributed by atoms with E-state index in [1.54, 1.807) is 0 Å². The van der Waals surface area contributed by atoms with Gasteiger partial charge in [0.1, 0.15) is 16.8 Å². The smallest absolute Gasteiger partial charge is 0.299 e. The van der Waals surface area contributed by atoms with E-state index in [-0.39, 0.29) is 10.8 Å². The number of benzene rings is 5. The average molecular weight is 660 g/mol. The lowest BCUT2D eigenvalue weighted by molar-refractivity contribution is -0.633. The molecule has 2 heterocycles. The Balaban J connectivity index is 1.52. The first-order chi connectivity index (χ1) is 23.8. The lowest BCUT2D eigenvalue weighted by Crippen LogP contribution is -2.33. The number of fused-ring (bicyclic) bond motifs is 6. The van der Waals surface area contributed by atoms with Gasteiger partial charge in [-0.3, -0.25) is 0 Å². The Morgan fingerprint density at radius 2 is 1.36 bits per heavy atom. The van der Waals surface area contributed by atoms with E-state index in [1.165, 1.54) is 72.9 Å². The second kappa shape index (κ2) is 11.5. The van der Waals surface area contributed by atoms with Crippen LogP contribution in [0.4, 0.5) is 0 Å². The first-order valence-corrected chi connectivity index (χ1v) is 18.5. The van der Waals surface area contributed by atoms with Gasteiger partial charge < -0.3 is 4.42 Å². The van der Waals surface area contributed by atoms with Crippen molar-refractivity contribution in [3.63, 3.8) is 0 Å². The highest BCUT2D eigenvalue weighted by Crippen LogP contribution is 2.51. The van der Waals surface area contributed by atoms with E-state index in [4.69, 9.17) is 4.42 Å². The maximum Gasteiger partial charge on any atom is 0.299 e. The van der Waals surface area contributed by atoms with Gasteiger partial charge in [-0.2, -0.15) is 4.57 Å². The predicted octanol–water partition coefficient (Wildman–Crippen LogP) is 12.6. The van der Waals surface area contributed by atoms with Gasteiger partial charge in [-0.25, -0.2) is 4.57 Å². The molecule has 0 fully saturated rings. The third-order valence-corrected chi connectivity index (χ3v) is 11.8. The highest BCUT2D eigenvalue weighted by atomic mass is 16.3. The Morgan fingerprint density at radius 3 is 2.04 bits per heavy atom. The normalized spacial score (nSPS) is 15.5. The number of hydrogen-bond acceptors (Lipinski definition) is 1. The first-order valence-electron chi connectivity index (χ1n) is 18.5. The molecule has 7 aromatic rings. The Morgan fingerprint density at radius 1 is 0.720 bits per heavy atom. The van der Waals surface area contributed by atoms with E-state index in [2.05, 4.69) is 169 Å². The van der Waals surface area contributed by atoms with Gasteiger partial charge in [0, 0.05) is 21.9 Å². The molecule has 0 aliphatic heterocycles. The molecule has 1 aliphatic rings. The number of nitrogens with zero attached hydrogens (tertiary/aromatic N) is 2. The monoisotopic (exact) mass is 659 g/mol. The molecular weight excluding hydrogens is 609 g/mol. The topological polar surface area (TPSA) is 21.9 Å². The number of hydrogen-bond donors (Lipinski definition) is 0. The lowest BCUT2D eigenvalue weighted by Gasteiger charge is -2.42. The molecular formula is C47H51N2O+. The lowest BCUT2D eigenvalue weighted by atomic mass is 9.62. The summed E-state index contributed by atoms with van der Waals surface area (Å²) in [6, 6.07) is 33.8. The number of rotatable bonds is 5. The maximum absolute atomic E-state index is 7.09. The van der Waals surface area contributed by atoms with Gasteiger partial charge in [-0.1, -0.05) is 116 Å². The minimum Gasteiger partial charge on any atom is -0.455 e. The minimum atomic E-state index is 0.0601. The Hall–Kier alpha value is -4.63. The molecule has 3 nitrogen and oxygen atoms in total. The van der Waals surface area contributed by atoms with E-state index in [0.717, 1.165) is 29.0 Å². The molecule has 0 unspecified atom stereocenters. The molecule has 0 N–H and O–H groups in total. The van der Waals surface area contributed by atoms with Gasteiger partial charge in [-0.05, 0) is 101 Å². The zero-order valence-electron chi connectivity index (χ0n) is 31.5. The van der Waals surface area contributed by atoms with Crippen LogP contribution in [0.25, 0.3) is 61.2 Å². The molecule has 8 rings (SSSR count). The van der Waals surface area contributed by atoms with Gasteiger partial charge in [0.05, 0.1) is 7.05 Å². The van der Waals surface area contributed by atoms with Crippen LogP contribution in [-0.4, -0.2) is 4.57 Å². The second-order valence-corrected chi connectivity index (χ2v) is 16.8. The van der Waals surface area contributed by atoms with Crippen LogP contribution in [0.5, 0.6) is 0 Å². The van der Waals surface area contributed by atoms with Crippen molar-refractivity contribution in [2.45, 2.75) is 97.8 Å². The van der Waals surface area contributed by atoms with E-state index < -0.39 is 0 Å². The molecule has 3 heteroatoms. The van der Waals surface area contributed by atoms with Gasteiger partial charge >= 0.3 is 0 Å². The Labute approximate surface area is 297 Å². The van der Waals surface area contributed by atoms with Crippen molar-refractivity contribution in [3.8, 4) is 28.2 Å². The fourth-order valence-electron chi connectivity index (χ4n) is 8.90. The summed E-state index contributed by atoms with van der Waals surface area (Å²) < 4.78 is 12.1. The molecule has 0 spiro atoms. The van der Waals surface area contributed by atoms with Crippen LogP contribution in [0, 0.1) is 6.92 Å². The van der Waals surface area contributed by atoms with Crippen molar-refractivity contribution in [1.82, 2.24) is 4.57 Å². The maximum atomic E-state index is 7.09. The molecule has 0 atom stereocenters. The van der Waals surface area contributed by atoms with Gasteiger partial charge in [0.2, 0.25) is 0 Å². The molecule has 1 aliphatic carbocycles. The highest BCUT2D eigenvalue weighted by Gasteiger charge is 2.40. The second-order valence-electron chi connectivity index (χ2n) is 16.8. The Kier molecular flexibility index (Phi) is 7.46. The summed E-state index contributed by atoms with van der Waals surface area (Å²) in [5.41, 5.74) is 16.4.